The highest BCUT2D eigenvalue weighted by Crippen LogP contribution is 2.33. The summed E-state index contributed by atoms with van der Waals surface area (Å²) in [7, 11) is 16.2. The summed E-state index contributed by atoms with van der Waals surface area (Å²) in [5, 5.41) is 9.76. The molecule has 0 atom stereocenters. The highest BCUT2D eigenvalue weighted by molar-refractivity contribution is 6.58. The van der Waals surface area contributed by atoms with Gasteiger partial charge in [-0.25, -0.2) is 0 Å². The van der Waals surface area contributed by atoms with Gasteiger partial charge in [-0.05, 0) is 123 Å². The van der Waals surface area contributed by atoms with Crippen molar-refractivity contribution in [2.24, 2.45) is 5.41 Å². The quantitative estimate of drug-likeness (QED) is 0.0890. The molecule has 0 aliphatic carbocycles. The minimum atomic E-state index is -0.831. The Balaban J connectivity index is 6.36. The van der Waals surface area contributed by atoms with Crippen LogP contribution >= 0.6 is 0 Å². The Kier molecular flexibility index (Phi) is 21.7. The summed E-state index contributed by atoms with van der Waals surface area (Å²) >= 11 is 0. The van der Waals surface area contributed by atoms with Gasteiger partial charge in [0.1, 0.15) is 0 Å². The van der Waals surface area contributed by atoms with Crippen molar-refractivity contribution in [3.8, 4) is 0 Å². The number of hydrogen-bond acceptors (Lipinski definition) is 11. The molecule has 0 aromatic rings. The molecule has 0 spiro atoms. The maximum Gasteiger partial charge on any atom is 0.167 e. The van der Waals surface area contributed by atoms with Crippen LogP contribution in [0.25, 0.3) is 0 Å². The lowest BCUT2D eigenvalue weighted by Gasteiger charge is -2.42. The van der Waals surface area contributed by atoms with Crippen LogP contribution in [0, 0.1) is 5.41 Å². The zero-order valence-corrected chi connectivity index (χ0v) is 36.4. The maximum absolute atomic E-state index is 11.5. The van der Waals surface area contributed by atoms with Crippen molar-refractivity contribution in [1.29, 1.82) is 0 Å². The van der Waals surface area contributed by atoms with Crippen molar-refractivity contribution in [2.75, 3.05) is 52.9 Å². The lowest BCUT2D eigenvalue weighted by Crippen LogP contribution is -2.49. The minimum absolute atomic E-state index is 0.0408. The zero-order chi connectivity index (χ0) is 42.3. The minimum Gasteiger partial charge on any atom is -0.396 e. The van der Waals surface area contributed by atoms with Crippen LogP contribution in [-0.4, -0.2) is 138 Å². The van der Waals surface area contributed by atoms with Crippen LogP contribution in [0.2, 0.25) is 0 Å². The molecule has 0 bridgehead atoms. The summed E-state index contributed by atoms with van der Waals surface area (Å²) in [5.74, 6) is 0. The third-order valence-electron chi connectivity index (χ3n) is 9.18. The molecule has 0 saturated heterocycles. The van der Waals surface area contributed by atoms with Gasteiger partial charge >= 0.3 is 0 Å². The molecule has 1 N–H and O–H groups in total. The van der Waals surface area contributed by atoms with Crippen LogP contribution in [0.5, 0.6) is 0 Å². The van der Waals surface area contributed by atoms with Gasteiger partial charge in [0.25, 0.3) is 0 Å². The number of hydrogen-bond donors (Lipinski definition) is 1. The molecule has 0 heterocycles. The number of rotatable bonds is 32. The topological polar surface area (TPSA) is 136 Å². The van der Waals surface area contributed by atoms with E-state index in [0.717, 1.165) is 0 Å². The Labute approximate surface area is 332 Å². The smallest absolute Gasteiger partial charge is 0.167 e. The molecule has 11 nitrogen and oxygen atoms in total. The fourth-order valence-electron chi connectivity index (χ4n) is 5.33. The van der Waals surface area contributed by atoms with E-state index in [0.29, 0.717) is 45.5 Å². The second kappa shape index (κ2) is 22.1. The fraction of sp³-hybridized carbons (Fsp3) is 0.925. The summed E-state index contributed by atoms with van der Waals surface area (Å²) in [6.07, 6.45) is 2.29. The molecule has 0 saturated carbocycles. The molecule has 0 amide bonds. The first-order valence-corrected chi connectivity index (χ1v) is 19.2. The van der Waals surface area contributed by atoms with Crippen molar-refractivity contribution in [2.45, 2.75) is 181 Å². The van der Waals surface area contributed by atoms with Gasteiger partial charge in [0.05, 0.1) is 108 Å². The van der Waals surface area contributed by atoms with Crippen molar-refractivity contribution < 1.29 is 52.6 Å². The van der Waals surface area contributed by atoms with E-state index in [1.807, 2.05) is 96.9 Å². The fourth-order valence-corrected chi connectivity index (χ4v) is 5.33. The van der Waals surface area contributed by atoms with Crippen LogP contribution in [0.4, 0.5) is 0 Å². The molecule has 0 fully saturated rings. The molecule has 308 valence electrons. The number of aliphatic hydroxyl groups excluding tert-OH is 1. The average molecular weight is 762 g/mol. The predicted molar refractivity (Wildman–Crippen MR) is 214 cm³/mol. The van der Waals surface area contributed by atoms with Crippen LogP contribution < -0.4 is 0 Å². The number of ether oxygens (including phenoxy) is 7. The molecular weight excluding hydrogens is 689 g/mol. The Hall–Kier alpha value is -1.12. The van der Waals surface area contributed by atoms with E-state index in [9.17, 15) is 19.5 Å². The van der Waals surface area contributed by atoms with Crippen LogP contribution in [0.3, 0.4) is 0 Å². The molecular formula is C40H73B3O11. The summed E-state index contributed by atoms with van der Waals surface area (Å²) in [4.78, 5) is 34.6. The maximum atomic E-state index is 11.5. The molecule has 14 heteroatoms. The van der Waals surface area contributed by atoms with Gasteiger partial charge < -0.3 is 52.6 Å². The lowest BCUT2D eigenvalue weighted by molar-refractivity contribution is -0.196. The van der Waals surface area contributed by atoms with Gasteiger partial charge in [-0.1, -0.05) is 0 Å². The standard InChI is InChI=1S/C40H73B3O11/c1-33(2,15-19-44)51-26-40(27-52-34(3,4)16-20-48-37(9,10)23-30(41)45,28-53-35(5,6)17-21-49-38(11,12)24-31(42)46)29-54-36(7,8)18-22-50-39(13,14)25-32(43)47/h44H,15-29H2,1-14H3. The Morgan fingerprint density at radius 3 is 0.815 bits per heavy atom. The number of carbonyl (C=O) groups is 3. The van der Waals surface area contributed by atoms with Gasteiger partial charge in [0, 0.05) is 25.9 Å². The Morgan fingerprint density at radius 1 is 0.389 bits per heavy atom. The first kappa shape index (κ1) is 52.9. The van der Waals surface area contributed by atoms with Gasteiger partial charge in [0.15, 0.2) is 23.5 Å². The first-order valence-electron chi connectivity index (χ1n) is 19.2. The van der Waals surface area contributed by atoms with Crippen LogP contribution in [0.1, 0.15) is 142 Å². The van der Waals surface area contributed by atoms with Gasteiger partial charge in [-0.2, -0.15) is 0 Å². The molecule has 0 unspecified atom stereocenters. The molecule has 0 aromatic carbocycles. The van der Waals surface area contributed by atoms with Gasteiger partial charge in [-0.15, -0.1) is 0 Å². The third kappa shape index (κ3) is 25.9. The van der Waals surface area contributed by atoms with Gasteiger partial charge in [0.2, 0.25) is 0 Å². The Morgan fingerprint density at radius 2 is 0.611 bits per heavy atom. The van der Waals surface area contributed by atoms with E-state index in [-0.39, 0.29) is 52.3 Å². The van der Waals surface area contributed by atoms with E-state index in [1.54, 1.807) is 0 Å². The van der Waals surface area contributed by atoms with E-state index < -0.39 is 61.7 Å². The molecule has 6 radical (unpaired) electrons. The van der Waals surface area contributed by atoms with E-state index in [2.05, 4.69) is 0 Å². The van der Waals surface area contributed by atoms with Crippen LogP contribution in [-0.2, 0) is 47.5 Å². The highest BCUT2D eigenvalue weighted by Gasteiger charge is 2.40. The molecule has 0 rings (SSSR count). The van der Waals surface area contributed by atoms with Crippen LogP contribution in [0.15, 0.2) is 0 Å². The molecule has 54 heavy (non-hydrogen) atoms. The summed E-state index contributed by atoms with van der Waals surface area (Å²) < 4.78 is 44.6. The molecule has 0 aliphatic heterocycles. The third-order valence-corrected chi connectivity index (χ3v) is 9.18. The van der Waals surface area contributed by atoms with Crippen molar-refractivity contribution in [3.63, 3.8) is 0 Å². The second-order valence-electron chi connectivity index (χ2n) is 19.2. The van der Waals surface area contributed by atoms with Gasteiger partial charge in [-0.3, -0.25) is 0 Å². The molecule has 0 aliphatic rings. The monoisotopic (exact) mass is 763 g/mol. The summed E-state index contributed by atoms with van der Waals surface area (Å²) in [6.45, 7) is 28.4. The van der Waals surface area contributed by atoms with E-state index >= 15 is 0 Å². The van der Waals surface area contributed by atoms with E-state index in [4.69, 9.17) is 56.7 Å². The van der Waals surface area contributed by atoms with E-state index in [1.165, 1.54) is 0 Å². The second-order valence-corrected chi connectivity index (χ2v) is 19.2. The normalized spacial score (nSPS) is 14.1. The zero-order valence-electron chi connectivity index (χ0n) is 36.4. The summed E-state index contributed by atoms with van der Waals surface area (Å²) in [5.41, 5.74) is -6.89. The summed E-state index contributed by atoms with van der Waals surface area (Å²) in [6, 6.07) is 0. The molecule has 0 aromatic heterocycles. The largest absolute Gasteiger partial charge is 0.396 e. The van der Waals surface area contributed by atoms with Crippen molar-refractivity contribution >= 4 is 40.6 Å². The first-order chi connectivity index (χ1) is 24.3. The highest BCUT2D eigenvalue weighted by atomic mass is 16.6. The number of carbonyl (C=O) groups excluding carboxylic acids is 3. The number of aliphatic hydroxyl groups is 1. The van der Waals surface area contributed by atoms with Crippen molar-refractivity contribution in [1.82, 2.24) is 0 Å². The van der Waals surface area contributed by atoms with Crippen molar-refractivity contribution in [3.05, 3.63) is 0 Å². The lowest BCUT2D eigenvalue weighted by atomic mass is 9.89. The predicted octanol–water partition coefficient (Wildman–Crippen LogP) is 5.35. The Bertz CT molecular complexity index is 1030. The average Bonchev–Trinajstić information content (AvgIpc) is 2.93. The SMILES string of the molecule is [B]C(=O)CC(C)(C)OCCC(C)(C)OCC(COC(C)(C)CCO)(COC(C)(C)CCOC(C)(C)CC([B])=O)COC(C)(C)CCOC(C)(C)CC([B])=O.